The van der Waals surface area contributed by atoms with Gasteiger partial charge in [-0.15, -0.1) is 10.2 Å². The van der Waals surface area contributed by atoms with Crippen LogP contribution in [0, 0.1) is 5.82 Å². The maximum atomic E-state index is 13.2. The number of ether oxygens (including phenoxy) is 1. The van der Waals surface area contributed by atoms with E-state index in [9.17, 15) is 22.4 Å². The number of alkyl halides is 3. The smallest absolute Gasteiger partial charge is 0.416 e. The van der Waals surface area contributed by atoms with Crippen LogP contribution >= 0.6 is 35.0 Å². The maximum Gasteiger partial charge on any atom is 0.416 e. The summed E-state index contributed by atoms with van der Waals surface area (Å²) in [6.45, 7) is 0.0120. The first-order chi connectivity index (χ1) is 15.0. The fourth-order valence-corrected chi connectivity index (χ4v) is 3.49. The van der Waals surface area contributed by atoms with Crippen molar-refractivity contribution in [1.82, 2.24) is 14.8 Å². The predicted molar refractivity (Wildman–Crippen MR) is 113 cm³/mol. The lowest BCUT2D eigenvalue weighted by molar-refractivity contribution is -0.137. The number of hydrogen-bond donors (Lipinski definition) is 1. The second kappa shape index (κ2) is 9.97. The van der Waals surface area contributed by atoms with E-state index >= 15 is 0 Å². The molecule has 3 rings (SSSR count). The Labute approximate surface area is 193 Å². The summed E-state index contributed by atoms with van der Waals surface area (Å²) in [4.78, 5) is 12.2. The molecule has 170 valence electrons. The maximum absolute atomic E-state index is 13.2. The van der Waals surface area contributed by atoms with Crippen molar-refractivity contribution in [3.05, 3.63) is 63.6 Å². The van der Waals surface area contributed by atoms with Gasteiger partial charge in [0.25, 0.3) is 0 Å². The Bertz CT molecular complexity index is 1140. The number of carbonyl (C=O) groups excluding carboxylic acids is 1. The molecule has 1 N–H and O–H groups in total. The van der Waals surface area contributed by atoms with E-state index in [1.165, 1.54) is 18.2 Å². The van der Waals surface area contributed by atoms with Crippen molar-refractivity contribution in [2.45, 2.75) is 17.9 Å². The van der Waals surface area contributed by atoms with Crippen molar-refractivity contribution in [3.63, 3.8) is 0 Å². The molecule has 0 saturated carbocycles. The molecular formula is C19H14Cl2F4N4O2S. The molecule has 13 heteroatoms. The van der Waals surface area contributed by atoms with Crippen molar-refractivity contribution in [1.29, 1.82) is 0 Å². The zero-order valence-corrected chi connectivity index (χ0v) is 18.5. The van der Waals surface area contributed by atoms with Gasteiger partial charge in [-0.05, 0) is 30.3 Å². The number of rotatable bonds is 7. The van der Waals surface area contributed by atoms with Gasteiger partial charge in [0.05, 0.1) is 27.0 Å². The highest BCUT2D eigenvalue weighted by molar-refractivity contribution is 7.99. The molecule has 0 aliphatic rings. The summed E-state index contributed by atoms with van der Waals surface area (Å²) in [5.41, 5.74) is -1.07. The van der Waals surface area contributed by atoms with Crippen LogP contribution in [0.4, 0.5) is 23.2 Å². The monoisotopic (exact) mass is 508 g/mol. The molecule has 0 bridgehead atoms. The Balaban J connectivity index is 1.58. The van der Waals surface area contributed by atoms with E-state index in [1.807, 2.05) is 0 Å². The number of hydrogen-bond acceptors (Lipinski definition) is 5. The Kier molecular flexibility index (Phi) is 7.52. The van der Waals surface area contributed by atoms with E-state index in [4.69, 9.17) is 27.9 Å². The Morgan fingerprint density at radius 2 is 1.91 bits per heavy atom. The first-order valence-corrected chi connectivity index (χ1v) is 10.5. The lowest BCUT2D eigenvalue weighted by Crippen LogP contribution is -2.16. The number of anilines is 1. The molecule has 1 amide bonds. The third-order valence-electron chi connectivity index (χ3n) is 4.08. The zero-order chi connectivity index (χ0) is 23.5. The largest absolute Gasteiger partial charge is 0.486 e. The van der Waals surface area contributed by atoms with Crippen LogP contribution in [-0.4, -0.2) is 26.4 Å². The number of nitrogens with one attached hydrogen (secondary N) is 1. The molecule has 2 aromatic carbocycles. The lowest BCUT2D eigenvalue weighted by atomic mass is 10.2. The Morgan fingerprint density at radius 1 is 1.16 bits per heavy atom. The van der Waals surface area contributed by atoms with E-state index in [1.54, 1.807) is 11.6 Å². The lowest BCUT2D eigenvalue weighted by Gasteiger charge is -2.11. The van der Waals surface area contributed by atoms with Crippen LogP contribution < -0.4 is 10.1 Å². The van der Waals surface area contributed by atoms with Crippen molar-refractivity contribution >= 4 is 46.6 Å². The molecule has 0 saturated heterocycles. The molecular weight excluding hydrogens is 495 g/mol. The summed E-state index contributed by atoms with van der Waals surface area (Å²) in [5.74, 6) is -0.522. The van der Waals surface area contributed by atoms with Crippen molar-refractivity contribution < 1.29 is 27.1 Å². The number of carbonyl (C=O) groups is 1. The number of benzene rings is 2. The molecule has 0 radical (unpaired) electrons. The van der Waals surface area contributed by atoms with Crippen LogP contribution in [0.5, 0.6) is 5.75 Å². The molecule has 32 heavy (non-hydrogen) atoms. The van der Waals surface area contributed by atoms with Gasteiger partial charge in [-0.1, -0.05) is 35.0 Å². The van der Waals surface area contributed by atoms with E-state index in [2.05, 4.69) is 15.5 Å². The van der Waals surface area contributed by atoms with Crippen LogP contribution in [0.2, 0.25) is 10.0 Å². The second-order valence-corrected chi connectivity index (χ2v) is 8.11. The summed E-state index contributed by atoms with van der Waals surface area (Å²) in [6, 6.07) is 6.57. The molecule has 0 aliphatic heterocycles. The molecule has 0 spiro atoms. The number of aromatic nitrogens is 3. The quantitative estimate of drug-likeness (QED) is 0.332. The highest BCUT2D eigenvalue weighted by Crippen LogP contribution is 2.34. The van der Waals surface area contributed by atoms with Gasteiger partial charge in [-0.25, -0.2) is 4.39 Å². The molecule has 0 aliphatic carbocycles. The van der Waals surface area contributed by atoms with Gasteiger partial charge >= 0.3 is 6.18 Å². The minimum atomic E-state index is -4.56. The average Bonchev–Trinajstić information content (AvgIpc) is 3.07. The zero-order valence-electron chi connectivity index (χ0n) is 16.2. The normalized spacial score (nSPS) is 11.5. The third kappa shape index (κ3) is 6.05. The topological polar surface area (TPSA) is 69.0 Å². The molecule has 1 heterocycles. The first kappa shape index (κ1) is 24.1. The molecule has 3 aromatic rings. The first-order valence-electron chi connectivity index (χ1n) is 8.80. The number of amides is 1. The van der Waals surface area contributed by atoms with Gasteiger partial charge in [0.15, 0.2) is 11.0 Å². The van der Waals surface area contributed by atoms with Crippen molar-refractivity contribution in [2.75, 3.05) is 11.1 Å². The van der Waals surface area contributed by atoms with Crippen LogP contribution in [0.25, 0.3) is 0 Å². The number of thioether (sulfide) groups is 1. The van der Waals surface area contributed by atoms with Gasteiger partial charge in [0.2, 0.25) is 5.91 Å². The van der Waals surface area contributed by atoms with Gasteiger partial charge in [-0.2, -0.15) is 13.2 Å². The number of nitrogens with zero attached hydrogens (tertiary/aromatic N) is 3. The number of halogens is 6. The summed E-state index contributed by atoms with van der Waals surface area (Å²) < 4.78 is 58.8. The predicted octanol–water partition coefficient (Wildman–Crippen LogP) is 5.59. The average molecular weight is 509 g/mol. The molecule has 0 fully saturated rings. The minimum Gasteiger partial charge on any atom is -0.486 e. The second-order valence-electron chi connectivity index (χ2n) is 6.35. The van der Waals surface area contributed by atoms with E-state index in [0.29, 0.717) is 16.7 Å². The fraction of sp³-hybridized carbons (Fsp3) is 0.211. The molecule has 0 unspecified atom stereocenters. The van der Waals surface area contributed by atoms with E-state index in [0.717, 1.165) is 30.0 Å². The SMILES string of the molecule is Cn1c(COc2ccc(F)c(Cl)c2)nnc1SCC(=O)Nc1cc(C(F)(F)F)ccc1Cl. The van der Waals surface area contributed by atoms with Gasteiger partial charge in [-0.3, -0.25) is 4.79 Å². The van der Waals surface area contributed by atoms with Crippen LogP contribution in [0.1, 0.15) is 11.4 Å². The van der Waals surface area contributed by atoms with Crippen molar-refractivity contribution in [2.24, 2.45) is 7.05 Å². The molecule has 6 nitrogen and oxygen atoms in total. The molecule has 0 atom stereocenters. The highest BCUT2D eigenvalue weighted by atomic mass is 35.5. The summed E-state index contributed by atoms with van der Waals surface area (Å²) in [6.07, 6.45) is -4.56. The molecule has 1 aromatic heterocycles. The summed E-state index contributed by atoms with van der Waals surface area (Å²) in [5, 5.41) is 10.6. The van der Waals surface area contributed by atoms with Gasteiger partial charge in [0, 0.05) is 13.1 Å². The highest BCUT2D eigenvalue weighted by Gasteiger charge is 2.31. The summed E-state index contributed by atoms with van der Waals surface area (Å²) >= 11 is 12.6. The van der Waals surface area contributed by atoms with Gasteiger partial charge in [0.1, 0.15) is 18.2 Å². The van der Waals surface area contributed by atoms with Crippen LogP contribution in [-0.2, 0) is 24.6 Å². The van der Waals surface area contributed by atoms with Crippen molar-refractivity contribution in [3.8, 4) is 5.75 Å². The minimum absolute atomic E-state index is 0.0120. The Hall–Kier alpha value is -2.50. The Morgan fingerprint density at radius 3 is 2.59 bits per heavy atom. The van der Waals surface area contributed by atoms with Crippen LogP contribution in [0.15, 0.2) is 41.6 Å². The third-order valence-corrected chi connectivity index (χ3v) is 5.72. The van der Waals surface area contributed by atoms with Crippen LogP contribution in [0.3, 0.4) is 0 Å². The fourth-order valence-electron chi connectivity index (χ4n) is 2.42. The summed E-state index contributed by atoms with van der Waals surface area (Å²) in [7, 11) is 1.65. The van der Waals surface area contributed by atoms with E-state index in [-0.39, 0.29) is 28.1 Å². The van der Waals surface area contributed by atoms with Gasteiger partial charge < -0.3 is 14.6 Å². The standard InChI is InChI=1S/C19H14Cl2F4N4O2S/c1-29-16(8-31-11-3-5-14(22)13(21)7-11)27-28-18(29)32-9-17(30)26-15-6-10(19(23,24)25)2-4-12(15)20/h2-7H,8-9H2,1H3,(H,26,30). The van der Waals surface area contributed by atoms with E-state index < -0.39 is 23.5 Å².